The van der Waals surface area contributed by atoms with Crippen LogP contribution in [0.5, 0.6) is 11.5 Å². The molecule has 2 aromatic heterocycles. The van der Waals surface area contributed by atoms with Crippen LogP contribution < -0.4 is 31.8 Å². The van der Waals surface area contributed by atoms with Crippen LogP contribution in [0.2, 0.25) is 0 Å². The Labute approximate surface area is 184 Å². The third-order valence-corrected chi connectivity index (χ3v) is 4.33. The maximum atomic E-state index is 13.2. The Kier molecular flexibility index (Phi) is 6.95. The summed E-state index contributed by atoms with van der Waals surface area (Å²) >= 11 is 0. The van der Waals surface area contributed by atoms with Crippen LogP contribution in [0.15, 0.2) is 29.3 Å². The molecule has 12 nitrogen and oxygen atoms in total. The molecule has 2 amide bonds. The van der Waals surface area contributed by atoms with Crippen LogP contribution in [0.25, 0.3) is 10.9 Å². The number of nitrogens with two attached hydrogens (primary N) is 2. The van der Waals surface area contributed by atoms with Gasteiger partial charge in [-0.1, -0.05) is 0 Å². The molecule has 3 rings (SSSR count). The quantitative estimate of drug-likeness (QED) is 0.409. The number of nitrogen functional groups attached to an aromatic ring is 1. The molecule has 0 aliphatic rings. The maximum Gasteiger partial charge on any atom is 0.263 e. The van der Waals surface area contributed by atoms with E-state index in [9.17, 15) is 23.2 Å². The average Bonchev–Trinajstić information content (AvgIpc) is 2.76. The van der Waals surface area contributed by atoms with E-state index in [-0.39, 0.29) is 46.9 Å². The molecule has 0 radical (unpaired) electrons. The summed E-state index contributed by atoms with van der Waals surface area (Å²) in [7, 11) is 1.28. The third kappa shape index (κ3) is 5.28. The van der Waals surface area contributed by atoms with Crippen LogP contribution in [-0.2, 0) is 11.3 Å². The van der Waals surface area contributed by atoms with E-state index in [0.717, 1.165) is 12.4 Å². The number of hydrogen-bond acceptors (Lipinski definition) is 9. The minimum Gasteiger partial charge on any atom is -0.491 e. The van der Waals surface area contributed by atoms with Crippen molar-refractivity contribution in [2.24, 2.45) is 5.73 Å². The van der Waals surface area contributed by atoms with Crippen LogP contribution in [0.3, 0.4) is 0 Å². The zero-order valence-electron chi connectivity index (χ0n) is 17.2. The van der Waals surface area contributed by atoms with Crippen molar-refractivity contribution in [1.29, 1.82) is 0 Å². The fraction of sp³-hybridized carbons (Fsp3) is 0.263. The van der Waals surface area contributed by atoms with E-state index in [1.807, 2.05) is 0 Å². The number of methoxy groups -OCH3 is 1. The molecule has 174 valence electrons. The van der Waals surface area contributed by atoms with Crippen molar-refractivity contribution in [2.75, 3.05) is 24.8 Å². The first-order chi connectivity index (χ1) is 15.7. The highest BCUT2D eigenvalue weighted by atomic mass is 19.3. The smallest absolute Gasteiger partial charge is 0.263 e. The monoisotopic (exact) mass is 463 g/mol. The molecule has 5 N–H and O–H groups in total. The van der Waals surface area contributed by atoms with Gasteiger partial charge in [0.2, 0.25) is 17.8 Å². The van der Waals surface area contributed by atoms with Gasteiger partial charge in [-0.05, 0) is 12.1 Å². The summed E-state index contributed by atoms with van der Waals surface area (Å²) in [6.45, 7) is -1.09. The Hall–Kier alpha value is -4.36. The second-order valence-corrected chi connectivity index (χ2v) is 6.58. The number of nitrogens with one attached hydrogen (secondary N) is 1. The van der Waals surface area contributed by atoms with E-state index >= 15 is 0 Å². The van der Waals surface area contributed by atoms with Crippen molar-refractivity contribution >= 4 is 34.6 Å². The van der Waals surface area contributed by atoms with Gasteiger partial charge in [0, 0.05) is 12.4 Å². The lowest BCUT2D eigenvalue weighted by Crippen LogP contribution is -2.29. The van der Waals surface area contributed by atoms with Gasteiger partial charge in [0.1, 0.15) is 5.52 Å². The zero-order chi connectivity index (χ0) is 24.1. The van der Waals surface area contributed by atoms with E-state index in [0.29, 0.717) is 4.57 Å². The molecule has 0 unspecified atom stereocenters. The van der Waals surface area contributed by atoms with Crippen LogP contribution in [-0.4, -0.2) is 51.5 Å². The van der Waals surface area contributed by atoms with E-state index in [2.05, 4.69) is 20.3 Å². The molecule has 0 atom stereocenters. The number of aromatic nitrogens is 4. The number of benzene rings is 1. The number of halogens is 2. The number of primary amides is 1. The number of alkyl halides is 2. The van der Waals surface area contributed by atoms with E-state index in [1.165, 1.54) is 19.2 Å². The number of carbonyl (C=O) groups excluding carboxylic acids is 2. The molecule has 0 aliphatic carbocycles. The Balaban J connectivity index is 2.10. The second-order valence-electron chi connectivity index (χ2n) is 6.58. The van der Waals surface area contributed by atoms with Gasteiger partial charge in [0.05, 0.1) is 37.6 Å². The van der Waals surface area contributed by atoms with Gasteiger partial charge in [-0.3, -0.25) is 24.3 Å². The van der Waals surface area contributed by atoms with Gasteiger partial charge in [-0.25, -0.2) is 23.7 Å². The Morgan fingerprint density at radius 3 is 2.55 bits per heavy atom. The van der Waals surface area contributed by atoms with Crippen LogP contribution in [0, 0.1) is 0 Å². The number of fused-ring (bicyclic) bond motifs is 1. The molecule has 0 aliphatic heterocycles. The molecule has 0 spiro atoms. The molecule has 33 heavy (non-hydrogen) atoms. The summed E-state index contributed by atoms with van der Waals surface area (Å²) in [5.41, 5.74) is 9.55. The number of anilines is 2. The first-order valence-electron chi connectivity index (χ1n) is 9.41. The van der Waals surface area contributed by atoms with Gasteiger partial charge in [0.15, 0.2) is 11.5 Å². The average molecular weight is 463 g/mol. The predicted octanol–water partition coefficient (Wildman–Crippen LogP) is 0.549. The molecule has 0 fully saturated rings. The molecule has 14 heteroatoms. The molecule has 2 heterocycles. The number of rotatable bonds is 9. The highest BCUT2D eigenvalue weighted by Crippen LogP contribution is 2.34. The maximum absolute atomic E-state index is 13.2. The van der Waals surface area contributed by atoms with Crippen molar-refractivity contribution in [3.05, 3.63) is 40.4 Å². The normalized spacial score (nSPS) is 10.9. The largest absolute Gasteiger partial charge is 0.491 e. The molecular formula is C19H19F2N7O5. The van der Waals surface area contributed by atoms with E-state index in [4.69, 9.17) is 20.9 Å². The van der Waals surface area contributed by atoms with Gasteiger partial charge in [-0.2, -0.15) is 0 Å². The Bertz CT molecular complexity index is 1250. The minimum absolute atomic E-state index is 0.00424. The predicted molar refractivity (Wildman–Crippen MR) is 112 cm³/mol. The van der Waals surface area contributed by atoms with Crippen LogP contribution in [0.4, 0.5) is 20.7 Å². The fourth-order valence-corrected chi connectivity index (χ4v) is 2.85. The lowest BCUT2D eigenvalue weighted by molar-refractivity contribution is -0.118. The van der Waals surface area contributed by atoms with Gasteiger partial charge in [-0.15, -0.1) is 0 Å². The molecule has 3 aromatic rings. The number of ether oxygens (including phenoxy) is 2. The molecular weight excluding hydrogens is 444 g/mol. The highest BCUT2D eigenvalue weighted by Gasteiger charge is 2.21. The Morgan fingerprint density at radius 1 is 1.24 bits per heavy atom. The fourth-order valence-electron chi connectivity index (χ4n) is 2.85. The van der Waals surface area contributed by atoms with Crippen molar-refractivity contribution in [1.82, 2.24) is 19.5 Å². The first-order valence-corrected chi connectivity index (χ1v) is 9.41. The molecule has 0 saturated carbocycles. The van der Waals surface area contributed by atoms with Crippen molar-refractivity contribution in [3.8, 4) is 11.5 Å². The molecule has 1 aromatic carbocycles. The topological polar surface area (TPSA) is 177 Å². The molecule has 0 saturated heterocycles. The number of nitrogens with zero attached hydrogens (tertiary/aromatic N) is 4. The zero-order valence-corrected chi connectivity index (χ0v) is 17.2. The summed E-state index contributed by atoms with van der Waals surface area (Å²) < 4.78 is 37.8. The Morgan fingerprint density at radius 2 is 1.94 bits per heavy atom. The summed E-state index contributed by atoms with van der Waals surface area (Å²) in [4.78, 5) is 48.0. The lowest BCUT2D eigenvalue weighted by Gasteiger charge is -2.16. The number of amides is 2. The standard InChI is InChI=1S/C19H19F2N7O5/c1-32-15-11(33-5-4-13(22)29)3-2-10-14(15)26-19(28(17(10)31)8-12(20)21)27-16(30)9-6-24-18(23)25-7-9/h2-3,6-7,12H,4-5,8H2,1H3,(H2,22,29)(H2,23,24,25)(H,26,27,30). The summed E-state index contributed by atoms with van der Waals surface area (Å²) in [6, 6.07) is 2.69. The SMILES string of the molecule is COc1c(OCCC(N)=O)ccc2c(=O)n(CC(F)F)c(NC(=O)c3cnc(N)nc3)nc12. The summed E-state index contributed by atoms with van der Waals surface area (Å²) in [5.74, 6) is -1.78. The lowest BCUT2D eigenvalue weighted by atomic mass is 10.2. The van der Waals surface area contributed by atoms with Crippen molar-refractivity contribution in [2.45, 2.75) is 19.4 Å². The minimum atomic E-state index is -2.91. The highest BCUT2D eigenvalue weighted by molar-refractivity contribution is 6.03. The van der Waals surface area contributed by atoms with Crippen molar-refractivity contribution in [3.63, 3.8) is 0 Å². The third-order valence-electron chi connectivity index (χ3n) is 4.33. The summed E-state index contributed by atoms with van der Waals surface area (Å²) in [5, 5.41) is 2.26. The number of hydrogen-bond donors (Lipinski definition) is 3. The van der Waals surface area contributed by atoms with E-state index < -0.39 is 36.3 Å². The first kappa shape index (κ1) is 23.3. The van der Waals surface area contributed by atoms with Gasteiger partial charge >= 0.3 is 0 Å². The van der Waals surface area contributed by atoms with E-state index in [1.54, 1.807) is 0 Å². The van der Waals surface area contributed by atoms with Gasteiger partial charge < -0.3 is 20.9 Å². The summed E-state index contributed by atoms with van der Waals surface area (Å²) in [6.07, 6.45) is -0.731. The van der Waals surface area contributed by atoms with Crippen LogP contribution in [0.1, 0.15) is 16.8 Å². The molecule has 0 bridgehead atoms. The van der Waals surface area contributed by atoms with Crippen molar-refractivity contribution < 1.29 is 27.8 Å². The van der Waals surface area contributed by atoms with Crippen LogP contribution >= 0.6 is 0 Å². The second kappa shape index (κ2) is 9.84. The van der Waals surface area contributed by atoms with Gasteiger partial charge in [0.25, 0.3) is 17.9 Å². The number of carbonyl (C=O) groups is 2.